The zero-order valence-corrected chi connectivity index (χ0v) is 7.25. The van der Waals surface area contributed by atoms with E-state index in [9.17, 15) is 0 Å². The van der Waals surface area contributed by atoms with Crippen molar-refractivity contribution >= 4 is 23.2 Å². The second-order valence-electron chi connectivity index (χ2n) is 2.36. The molecule has 56 valence electrons. The van der Waals surface area contributed by atoms with Crippen molar-refractivity contribution in [3.8, 4) is 0 Å². The van der Waals surface area contributed by atoms with Crippen LogP contribution in [0.4, 0.5) is 0 Å². The standard InChI is InChI=1S/C8H10Cl2/c9-7-5-3-1-2-4-6-8(7)10/h1-2H,3-6H2/b2-1-,8-7-. The molecule has 0 atom stereocenters. The van der Waals surface area contributed by atoms with Gasteiger partial charge in [0.05, 0.1) is 0 Å². The first-order valence-electron chi connectivity index (χ1n) is 3.48. The van der Waals surface area contributed by atoms with Crippen molar-refractivity contribution in [2.45, 2.75) is 25.7 Å². The normalized spacial score (nSPS) is 31.0. The lowest BCUT2D eigenvalue weighted by Gasteiger charge is -2.03. The first-order chi connectivity index (χ1) is 4.80. The van der Waals surface area contributed by atoms with E-state index in [0.29, 0.717) is 0 Å². The molecule has 1 aliphatic rings. The molecule has 1 aliphatic carbocycles. The van der Waals surface area contributed by atoms with Gasteiger partial charge in [0, 0.05) is 10.1 Å². The van der Waals surface area contributed by atoms with Gasteiger partial charge in [-0.2, -0.15) is 0 Å². The monoisotopic (exact) mass is 176 g/mol. The molecule has 10 heavy (non-hydrogen) atoms. The van der Waals surface area contributed by atoms with Crippen LogP contribution in [0, 0.1) is 0 Å². The molecule has 0 radical (unpaired) electrons. The van der Waals surface area contributed by atoms with E-state index in [4.69, 9.17) is 23.2 Å². The van der Waals surface area contributed by atoms with Crippen LogP contribution >= 0.6 is 23.2 Å². The molecule has 0 saturated carbocycles. The maximum absolute atomic E-state index is 5.86. The average Bonchev–Trinajstić information content (AvgIpc) is 1.92. The van der Waals surface area contributed by atoms with E-state index in [1.165, 1.54) is 0 Å². The van der Waals surface area contributed by atoms with Gasteiger partial charge in [0.15, 0.2) is 0 Å². The van der Waals surface area contributed by atoms with Gasteiger partial charge in [-0.3, -0.25) is 0 Å². The average molecular weight is 177 g/mol. The summed E-state index contributed by atoms with van der Waals surface area (Å²) in [6, 6.07) is 0. The molecule has 0 aromatic rings. The minimum atomic E-state index is 0.839. The Kier molecular flexibility index (Phi) is 3.30. The molecular formula is C8H10Cl2. The van der Waals surface area contributed by atoms with E-state index in [0.717, 1.165) is 35.7 Å². The Bertz CT molecular complexity index is 150. The first kappa shape index (κ1) is 8.16. The number of hydrogen-bond acceptors (Lipinski definition) is 0. The summed E-state index contributed by atoms with van der Waals surface area (Å²) < 4.78 is 0. The lowest BCUT2D eigenvalue weighted by Crippen LogP contribution is -1.83. The molecule has 0 aromatic carbocycles. The number of hydrogen-bond donors (Lipinski definition) is 0. The predicted molar refractivity (Wildman–Crippen MR) is 46.3 cm³/mol. The zero-order valence-electron chi connectivity index (χ0n) is 5.74. The van der Waals surface area contributed by atoms with Gasteiger partial charge in [-0.05, 0) is 25.7 Å². The van der Waals surface area contributed by atoms with Crippen LogP contribution in [0.3, 0.4) is 0 Å². The molecule has 0 aliphatic heterocycles. The molecular weight excluding hydrogens is 167 g/mol. The SMILES string of the molecule is Cl/C1=C(\Cl)CC/C=C\CC1. The second-order valence-corrected chi connectivity index (χ2v) is 3.27. The highest BCUT2D eigenvalue weighted by atomic mass is 35.5. The van der Waals surface area contributed by atoms with E-state index >= 15 is 0 Å². The smallest absolute Gasteiger partial charge is 0.0329 e. The van der Waals surface area contributed by atoms with Crippen LogP contribution in [0.15, 0.2) is 22.2 Å². The molecule has 0 unspecified atom stereocenters. The van der Waals surface area contributed by atoms with Crippen molar-refractivity contribution in [1.29, 1.82) is 0 Å². The Labute approximate surface area is 71.5 Å². The molecule has 0 nitrogen and oxygen atoms in total. The Morgan fingerprint density at radius 2 is 1.30 bits per heavy atom. The van der Waals surface area contributed by atoms with E-state index in [1.807, 2.05) is 0 Å². The Hall–Kier alpha value is 0.0600. The van der Waals surface area contributed by atoms with Gasteiger partial charge in [-0.15, -0.1) is 0 Å². The third-order valence-corrected chi connectivity index (χ3v) is 2.45. The molecule has 0 heterocycles. The van der Waals surface area contributed by atoms with Gasteiger partial charge in [0.2, 0.25) is 0 Å². The Balaban J connectivity index is 2.57. The maximum atomic E-state index is 5.86. The van der Waals surface area contributed by atoms with Gasteiger partial charge < -0.3 is 0 Å². The third-order valence-electron chi connectivity index (χ3n) is 1.52. The maximum Gasteiger partial charge on any atom is 0.0329 e. The minimum absolute atomic E-state index is 0.839. The van der Waals surface area contributed by atoms with Crippen molar-refractivity contribution in [3.05, 3.63) is 22.2 Å². The van der Waals surface area contributed by atoms with Crippen LogP contribution in [0.5, 0.6) is 0 Å². The topological polar surface area (TPSA) is 0 Å². The number of allylic oxidation sites excluding steroid dienone is 4. The van der Waals surface area contributed by atoms with Crippen molar-refractivity contribution in [2.75, 3.05) is 0 Å². The molecule has 1 rings (SSSR count). The van der Waals surface area contributed by atoms with Crippen LogP contribution in [-0.2, 0) is 0 Å². The molecule has 2 heteroatoms. The third kappa shape index (κ3) is 2.36. The highest BCUT2D eigenvalue weighted by Crippen LogP contribution is 2.25. The lowest BCUT2D eigenvalue weighted by molar-refractivity contribution is 0.936. The van der Waals surface area contributed by atoms with Crippen LogP contribution < -0.4 is 0 Å². The summed E-state index contributed by atoms with van der Waals surface area (Å²) in [5.74, 6) is 0. The molecule has 0 fully saturated rings. The Morgan fingerprint density at radius 1 is 0.900 bits per heavy atom. The quantitative estimate of drug-likeness (QED) is 0.493. The molecule has 0 spiro atoms. The van der Waals surface area contributed by atoms with Gasteiger partial charge in [0.25, 0.3) is 0 Å². The zero-order chi connectivity index (χ0) is 7.40. The lowest BCUT2D eigenvalue weighted by atomic mass is 10.1. The fourth-order valence-corrected chi connectivity index (χ4v) is 1.33. The first-order valence-corrected chi connectivity index (χ1v) is 4.24. The largest absolute Gasteiger partial charge is 0.0882 e. The van der Waals surface area contributed by atoms with Crippen LogP contribution in [0.25, 0.3) is 0 Å². The molecule has 0 amide bonds. The summed E-state index contributed by atoms with van der Waals surface area (Å²) in [5, 5.41) is 1.68. The van der Waals surface area contributed by atoms with Crippen LogP contribution in [0.2, 0.25) is 0 Å². The van der Waals surface area contributed by atoms with E-state index < -0.39 is 0 Å². The summed E-state index contributed by atoms with van der Waals surface area (Å²) in [6.07, 6.45) is 8.16. The van der Waals surface area contributed by atoms with Gasteiger partial charge in [-0.1, -0.05) is 35.4 Å². The molecule has 0 aromatic heterocycles. The summed E-state index contributed by atoms with van der Waals surface area (Å²) in [6.45, 7) is 0. The van der Waals surface area contributed by atoms with E-state index in [2.05, 4.69) is 12.2 Å². The van der Waals surface area contributed by atoms with Crippen molar-refractivity contribution in [2.24, 2.45) is 0 Å². The minimum Gasteiger partial charge on any atom is -0.0882 e. The highest BCUT2D eigenvalue weighted by Gasteiger charge is 2.01. The van der Waals surface area contributed by atoms with Gasteiger partial charge >= 0.3 is 0 Å². The predicted octanol–water partition coefficient (Wildman–Crippen LogP) is 3.81. The summed E-state index contributed by atoms with van der Waals surface area (Å²) in [7, 11) is 0. The number of halogens is 2. The van der Waals surface area contributed by atoms with Crippen LogP contribution in [-0.4, -0.2) is 0 Å². The van der Waals surface area contributed by atoms with Gasteiger partial charge in [0.1, 0.15) is 0 Å². The van der Waals surface area contributed by atoms with E-state index in [1.54, 1.807) is 0 Å². The van der Waals surface area contributed by atoms with Crippen molar-refractivity contribution in [3.63, 3.8) is 0 Å². The van der Waals surface area contributed by atoms with E-state index in [-0.39, 0.29) is 0 Å². The molecule has 0 saturated heterocycles. The second kappa shape index (κ2) is 4.05. The molecule has 0 N–H and O–H groups in total. The van der Waals surface area contributed by atoms with Crippen molar-refractivity contribution in [1.82, 2.24) is 0 Å². The fraction of sp³-hybridized carbons (Fsp3) is 0.500. The summed E-state index contributed by atoms with van der Waals surface area (Å²) >= 11 is 11.7. The number of rotatable bonds is 0. The van der Waals surface area contributed by atoms with Gasteiger partial charge in [-0.25, -0.2) is 0 Å². The highest BCUT2D eigenvalue weighted by molar-refractivity contribution is 6.39. The fourth-order valence-electron chi connectivity index (χ4n) is 0.927. The summed E-state index contributed by atoms with van der Waals surface area (Å²) in [4.78, 5) is 0. The van der Waals surface area contributed by atoms with Crippen LogP contribution in [0.1, 0.15) is 25.7 Å². The molecule has 0 bridgehead atoms. The Morgan fingerprint density at radius 3 is 1.70 bits per heavy atom. The van der Waals surface area contributed by atoms with Crippen molar-refractivity contribution < 1.29 is 0 Å². The summed E-state index contributed by atoms with van der Waals surface area (Å²) in [5.41, 5.74) is 0.